The molecule has 1 rings (SSSR count). The lowest BCUT2D eigenvalue weighted by Gasteiger charge is -2.29. The molecule has 5 heteroatoms. The topological polar surface area (TPSA) is 29.1 Å². The van der Waals surface area contributed by atoms with E-state index >= 15 is 0 Å². The van der Waals surface area contributed by atoms with E-state index in [2.05, 4.69) is 21.2 Å². The van der Waals surface area contributed by atoms with E-state index in [9.17, 15) is 9.18 Å². The van der Waals surface area contributed by atoms with Crippen LogP contribution in [-0.2, 0) is 0 Å². The van der Waals surface area contributed by atoms with Crippen LogP contribution in [-0.4, -0.2) is 16.8 Å². The Labute approximate surface area is 120 Å². The minimum Gasteiger partial charge on any atom is -0.347 e. The molecule has 0 spiro atoms. The third-order valence-electron chi connectivity index (χ3n) is 3.03. The molecule has 0 aliphatic heterocycles. The summed E-state index contributed by atoms with van der Waals surface area (Å²) in [6.45, 7) is 3.91. The fraction of sp³-hybridized carbons (Fsp3) is 0.462. The molecule has 1 amide bonds. The molecule has 1 N–H and O–H groups in total. The zero-order valence-electron chi connectivity index (χ0n) is 10.4. The zero-order valence-corrected chi connectivity index (χ0v) is 12.7. The maximum atomic E-state index is 13.6. The maximum Gasteiger partial charge on any atom is 0.256 e. The number of hydrogen-bond donors (Lipinski definition) is 1. The van der Waals surface area contributed by atoms with Gasteiger partial charge < -0.3 is 5.32 Å². The van der Waals surface area contributed by atoms with E-state index in [1.807, 2.05) is 13.8 Å². The molecule has 0 aliphatic rings. The first-order valence-electron chi connectivity index (χ1n) is 5.76. The van der Waals surface area contributed by atoms with Crippen LogP contribution in [0, 0.1) is 5.82 Å². The number of alkyl halides is 1. The smallest absolute Gasteiger partial charge is 0.256 e. The molecule has 1 aromatic rings. The molecule has 0 saturated heterocycles. The van der Waals surface area contributed by atoms with Crippen molar-refractivity contribution in [2.24, 2.45) is 0 Å². The quantitative estimate of drug-likeness (QED) is 0.804. The molecule has 0 radical (unpaired) electrons. The van der Waals surface area contributed by atoms with Gasteiger partial charge in [0.1, 0.15) is 5.82 Å². The van der Waals surface area contributed by atoms with Gasteiger partial charge in [-0.1, -0.05) is 40.5 Å². The van der Waals surface area contributed by atoms with Gasteiger partial charge in [0.25, 0.3) is 5.91 Å². The third kappa shape index (κ3) is 3.69. The standard InChI is InChI=1S/C13H16BrClFNO/c1-3-13(2,7-8-14)17-12(18)11-9(15)5-4-6-10(11)16/h4-6H,3,7-8H2,1-2H3,(H,17,18). The Balaban J connectivity index is 2.95. The number of hydrogen-bond acceptors (Lipinski definition) is 1. The molecule has 0 fully saturated rings. The lowest BCUT2D eigenvalue weighted by atomic mass is 9.95. The summed E-state index contributed by atoms with van der Waals surface area (Å²) in [7, 11) is 0. The van der Waals surface area contributed by atoms with Gasteiger partial charge in [-0.3, -0.25) is 4.79 Å². The second kappa shape index (κ2) is 6.53. The summed E-state index contributed by atoms with van der Waals surface area (Å²) in [6.07, 6.45) is 1.53. The molecule has 18 heavy (non-hydrogen) atoms. The van der Waals surface area contributed by atoms with Gasteiger partial charge >= 0.3 is 0 Å². The maximum absolute atomic E-state index is 13.6. The van der Waals surface area contributed by atoms with Gasteiger partial charge in [0.2, 0.25) is 0 Å². The molecule has 1 unspecified atom stereocenters. The fourth-order valence-electron chi connectivity index (χ4n) is 1.59. The van der Waals surface area contributed by atoms with Crippen LogP contribution in [0.2, 0.25) is 5.02 Å². The number of carbonyl (C=O) groups is 1. The first-order valence-corrected chi connectivity index (χ1v) is 7.26. The lowest BCUT2D eigenvalue weighted by Crippen LogP contribution is -2.46. The molecule has 0 aromatic heterocycles. The number of rotatable bonds is 5. The monoisotopic (exact) mass is 335 g/mol. The van der Waals surface area contributed by atoms with Crippen LogP contribution in [0.1, 0.15) is 37.0 Å². The molecule has 0 heterocycles. The van der Waals surface area contributed by atoms with E-state index in [-0.39, 0.29) is 16.1 Å². The van der Waals surface area contributed by atoms with Gasteiger partial charge in [-0.2, -0.15) is 0 Å². The van der Waals surface area contributed by atoms with E-state index in [1.165, 1.54) is 18.2 Å². The first kappa shape index (κ1) is 15.4. The number of carbonyl (C=O) groups excluding carboxylic acids is 1. The summed E-state index contributed by atoms with van der Waals surface area (Å²) in [4.78, 5) is 12.1. The van der Waals surface area contributed by atoms with Crippen molar-refractivity contribution >= 4 is 33.4 Å². The van der Waals surface area contributed by atoms with Crippen molar-refractivity contribution in [2.45, 2.75) is 32.2 Å². The normalized spacial score (nSPS) is 14.1. The largest absolute Gasteiger partial charge is 0.347 e. The van der Waals surface area contributed by atoms with Gasteiger partial charge in [0.15, 0.2) is 0 Å². The highest BCUT2D eigenvalue weighted by Crippen LogP contribution is 2.22. The Bertz CT molecular complexity index is 421. The van der Waals surface area contributed by atoms with Crippen molar-refractivity contribution in [2.75, 3.05) is 5.33 Å². The first-order chi connectivity index (χ1) is 8.43. The highest BCUT2D eigenvalue weighted by Gasteiger charge is 2.26. The van der Waals surface area contributed by atoms with Crippen molar-refractivity contribution in [3.63, 3.8) is 0 Å². The Morgan fingerprint density at radius 3 is 2.72 bits per heavy atom. The van der Waals surface area contributed by atoms with Crippen molar-refractivity contribution in [1.29, 1.82) is 0 Å². The molecule has 0 aliphatic carbocycles. The number of amides is 1. The average Bonchev–Trinajstić information content (AvgIpc) is 2.29. The van der Waals surface area contributed by atoms with Gasteiger partial charge in [0, 0.05) is 10.9 Å². The van der Waals surface area contributed by atoms with Crippen LogP contribution in [0.3, 0.4) is 0 Å². The van der Waals surface area contributed by atoms with E-state index in [4.69, 9.17) is 11.6 Å². The molecule has 1 atom stereocenters. The SMILES string of the molecule is CCC(C)(CCBr)NC(=O)c1c(F)cccc1Cl. The second-order valence-electron chi connectivity index (χ2n) is 4.40. The summed E-state index contributed by atoms with van der Waals surface area (Å²) >= 11 is 9.21. The summed E-state index contributed by atoms with van der Waals surface area (Å²) in [5.74, 6) is -1.07. The van der Waals surface area contributed by atoms with E-state index in [0.29, 0.717) is 0 Å². The van der Waals surface area contributed by atoms with Crippen LogP contribution in [0.4, 0.5) is 4.39 Å². The van der Waals surface area contributed by atoms with Gasteiger partial charge in [-0.25, -0.2) is 4.39 Å². The summed E-state index contributed by atoms with van der Waals surface area (Å²) in [6, 6.07) is 4.22. The summed E-state index contributed by atoms with van der Waals surface area (Å²) in [5.41, 5.74) is -0.458. The second-order valence-corrected chi connectivity index (χ2v) is 5.60. The Kier molecular flexibility index (Phi) is 5.60. The van der Waals surface area contributed by atoms with Crippen molar-refractivity contribution in [3.8, 4) is 0 Å². The summed E-state index contributed by atoms with van der Waals surface area (Å²) < 4.78 is 13.6. The predicted octanol–water partition coefficient (Wildman–Crippen LogP) is 4.16. The molecule has 0 bridgehead atoms. The van der Waals surface area contributed by atoms with Crippen LogP contribution in [0.25, 0.3) is 0 Å². The van der Waals surface area contributed by atoms with Gasteiger partial charge in [-0.15, -0.1) is 0 Å². The lowest BCUT2D eigenvalue weighted by molar-refractivity contribution is 0.0898. The van der Waals surface area contributed by atoms with Crippen LogP contribution >= 0.6 is 27.5 Å². The average molecular weight is 337 g/mol. The molecule has 100 valence electrons. The summed E-state index contributed by atoms with van der Waals surface area (Å²) in [5, 5.41) is 3.74. The van der Waals surface area contributed by atoms with Crippen LogP contribution in [0.5, 0.6) is 0 Å². The fourth-order valence-corrected chi connectivity index (χ4v) is 2.71. The molecule has 1 aromatic carbocycles. The van der Waals surface area contributed by atoms with Crippen molar-refractivity contribution in [1.82, 2.24) is 5.32 Å². The number of benzene rings is 1. The van der Waals surface area contributed by atoms with Gasteiger partial charge in [-0.05, 0) is 31.9 Å². The zero-order chi connectivity index (χ0) is 13.8. The molecular formula is C13H16BrClFNO. The van der Waals surface area contributed by atoms with Crippen molar-refractivity contribution < 1.29 is 9.18 Å². The predicted molar refractivity (Wildman–Crippen MR) is 76.0 cm³/mol. The van der Waals surface area contributed by atoms with E-state index in [0.717, 1.165) is 18.2 Å². The Morgan fingerprint density at radius 2 is 2.22 bits per heavy atom. The molecule has 2 nitrogen and oxygen atoms in total. The van der Waals surface area contributed by atoms with E-state index in [1.54, 1.807) is 0 Å². The Hall–Kier alpha value is -0.610. The number of halogens is 3. The van der Waals surface area contributed by atoms with E-state index < -0.39 is 11.7 Å². The van der Waals surface area contributed by atoms with Crippen LogP contribution in [0.15, 0.2) is 18.2 Å². The highest BCUT2D eigenvalue weighted by atomic mass is 79.9. The molecular weight excluding hydrogens is 321 g/mol. The third-order valence-corrected chi connectivity index (χ3v) is 3.74. The van der Waals surface area contributed by atoms with Gasteiger partial charge in [0.05, 0.1) is 10.6 Å². The van der Waals surface area contributed by atoms with Crippen LogP contribution < -0.4 is 5.32 Å². The minimum atomic E-state index is -0.600. The van der Waals surface area contributed by atoms with Crippen molar-refractivity contribution in [3.05, 3.63) is 34.6 Å². The minimum absolute atomic E-state index is 0.0894. The number of nitrogens with one attached hydrogen (secondary N) is 1. The highest BCUT2D eigenvalue weighted by molar-refractivity contribution is 9.09. The molecule has 0 saturated carbocycles. The Morgan fingerprint density at radius 1 is 1.56 bits per heavy atom.